The number of benzene rings is 2. The number of nitrogens with one attached hydrogen (secondary N) is 3. The minimum absolute atomic E-state index is 0.00263. The van der Waals surface area contributed by atoms with Crippen LogP contribution in [0.5, 0.6) is 0 Å². The number of imidazole rings is 1. The standard InChI is InChI=1S/C32H38N4O2/c37-31(33-26-5-3-1-2-4-6-26)22-9-7-21(8-10-22)30-34-27-12-11-23(18-28(27)35-30)32(38)36-29-24-14-19-13-20(16-24)17-25(29)15-19/h7-12,18-20,24-26,29H,1-6,13-17H2,(H,33,37)(H,34,35)(H,36,38)/t19-,20+,24-,25?,29?. The minimum Gasteiger partial charge on any atom is -0.349 e. The largest absolute Gasteiger partial charge is 0.349 e. The summed E-state index contributed by atoms with van der Waals surface area (Å²) in [5, 5.41) is 6.63. The molecule has 0 atom stereocenters. The molecule has 5 saturated carbocycles. The molecule has 198 valence electrons. The van der Waals surface area contributed by atoms with Crippen LogP contribution in [-0.4, -0.2) is 33.9 Å². The van der Waals surface area contributed by atoms with E-state index in [2.05, 4.69) is 15.6 Å². The van der Waals surface area contributed by atoms with Crippen molar-refractivity contribution < 1.29 is 9.59 Å². The maximum absolute atomic E-state index is 13.2. The van der Waals surface area contributed by atoms with Crippen molar-refractivity contribution in [3.63, 3.8) is 0 Å². The Bertz CT molecular complexity index is 1310. The summed E-state index contributed by atoms with van der Waals surface area (Å²) < 4.78 is 0. The number of carbonyl (C=O) groups is 2. The topological polar surface area (TPSA) is 86.9 Å². The van der Waals surface area contributed by atoms with Gasteiger partial charge in [0.05, 0.1) is 11.0 Å². The van der Waals surface area contributed by atoms with E-state index in [4.69, 9.17) is 4.98 Å². The number of rotatable bonds is 5. The predicted molar refractivity (Wildman–Crippen MR) is 149 cm³/mol. The number of hydrogen-bond donors (Lipinski definition) is 3. The highest BCUT2D eigenvalue weighted by Gasteiger charge is 2.48. The molecule has 6 nitrogen and oxygen atoms in total. The molecular weight excluding hydrogens is 472 g/mol. The highest BCUT2D eigenvalue weighted by Crippen LogP contribution is 2.53. The van der Waals surface area contributed by atoms with Crippen LogP contribution in [0.3, 0.4) is 0 Å². The van der Waals surface area contributed by atoms with Gasteiger partial charge in [-0.2, -0.15) is 0 Å². The molecule has 3 aromatic rings. The molecule has 0 spiro atoms. The van der Waals surface area contributed by atoms with Gasteiger partial charge in [-0.3, -0.25) is 9.59 Å². The molecule has 1 aromatic heterocycles. The first-order valence-electron chi connectivity index (χ1n) is 14.8. The van der Waals surface area contributed by atoms with Crippen molar-refractivity contribution in [2.45, 2.75) is 82.7 Å². The first-order valence-corrected chi connectivity index (χ1v) is 14.8. The van der Waals surface area contributed by atoms with E-state index in [-0.39, 0.29) is 17.9 Å². The van der Waals surface area contributed by atoms with Crippen LogP contribution in [0, 0.1) is 23.7 Å². The molecule has 0 radical (unpaired) electrons. The van der Waals surface area contributed by atoms with Crippen LogP contribution in [0.2, 0.25) is 0 Å². The van der Waals surface area contributed by atoms with E-state index in [0.29, 0.717) is 29.0 Å². The molecule has 6 heteroatoms. The summed E-state index contributed by atoms with van der Waals surface area (Å²) in [6, 6.07) is 14.0. The number of carbonyl (C=O) groups excluding carboxylic acids is 2. The Labute approximate surface area is 224 Å². The van der Waals surface area contributed by atoms with E-state index in [1.165, 1.54) is 57.8 Å². The number of hydrogen-bond acceptors (Lipinski definition) is 3. The number of amides is 2. The van der Waals surface area contributed by atoms with Crippen LogP contribution in [0.25, 0.3) is 22.4 Å². The van der Waals surface area contributed by atoms with E-state index in [0.717, 1.165) is 47.1 Å². The minimum atomic E-state index is 0.00263. The van der Waals surface area contributed by atoms with Crippen LogP contribution in [0.1, 0.15) is 91.3 Å². The fourth-order valence-corrected chi connectivity index (χ4v) is 8.15. The van der Waals surface area contributed by atoms with Crippen LogP contribution >= 0.6 is 0 Å². The maximum Gasteiger partial charge on any atom is 0.251 e. The molecular formula is C32H38N4O2. The van der Waals surface area contributed by atoms with E-state index in [1.807, 2.05) is 42.5 Å². The van der Waals surface area contributed by atoms with Crippen LogP contribution < -0.4 is 10.6 Å². The first-order chi connectivity index (χ1) is 18.6. The van der Waals surface area contributed by atoms with Crippen molar-refractivity contribution in [1.29, 1.82) is 0 Å². The summed E-state index contributed by atoms with van der Waals surface area (Å²) in [4.78, 5) is 34.2. The van der Waals surface area contributed by atoms with Gasteiger partial charge < -0.3 is 15.6 Å². The first kappa shape index (κ1) is 23.9. The summed E-state index contributed by atoms with van der Waals surface area (Å²) in [6.07, 6.45) is 13.7. The van der Waals surface area contributed by atoms with Gasteiger partial charge in [0.25, 0.3) is 11.8 Å². The van der Waals surface area contributed by atoms with Crippen molar-refractivity contribution in [3.8, 4) is 11.4 Å². The number of fused-ring (bicyclic) bond motifs is 1. The van der Waals surface area contributed by atoms with Crippen LogP contribution in [0.4, 0.5) is 0 Å². The number of aromatic amines is 1. The van der Waals surface area contributed by atoms with E-state index >= 15 is 0 Å². The number of H-pyrrole nitrogens is 1. The second kappa shape index (κ2) is 9.87. The molecule has 0 aliphatic heterocycles. The zero-order chi connectivity index (χ0) is 25.6. The lowest BCUT2D eigenvalue weighted by molar-refractivity contribution is -0.0119. The average molecular weight is 511 g/mol. The summed E-state index contributed by atoms with van der Waals surface area (Å²) >= 11 is 0. The lowest BCUT2D eigenvalue weighted by Gasteiger charge is -2.54. The van der Waals surface area contributed by atoms with Crippen LogP contribution in [0.15, 0.2) is 42.5 Å². The summed E-state index contributed by atoms with van der Waals surface area (Å²) in [7, 11) is 0. The Morgan fingerprint density at radius 1 is 0.737 bits per heavy atom. The maximum atomic E-state index is 13.2. The van der Waals surface area contributed by atoms with Crippen molar-refractivity contribution in [2.75, 3.05) is 0 Å². The predicted octanol–water partition coefficient (Wildman–Crippen LogP) is 6.24. The highest BCUT2D eigenvalue weighted by molar-refractivity contribution is 5.98. The van der Waals surface area contributed by atoms with E-state index in [1.54, 1.807) is 0 Å². The second-order valence-corrected chi connectivity index (χ2v) is 12.5. The lowest BCUT2D eigenvalue weighted by Crippen LogP contribution is -2.55. The Balaban J connectivity index is 1.03. The lowest BCUT2D eigenvalue weighted by atomic mass is 9.54. The summed E-state index contributed by atoms with van der Waals surface area (Å²) in [5.41, 5.74) is 3.97. The van der Waals surface area contributed by atoms with Crippen LogP contribution in [-0.2, 0) is 0 Å². The molecule has 2 amide bonds. The molecule has 0 unspecified atom stereocenters. The number of aromatic nitrogens is 2. The Morgan fingerprint density at radius 2 is 1.37 bits per heavy atom. The van der Waals surface area contributed by atoms with Gasteiger partial charge in [-0.25, -0.2) is 4.98 Å². The quantitative estimate of drug-likeness (QED) is 0.355. The van der Waals surface area contributed by atoms with E-state index in [9.17, 15) is 9.59 Å². The third kappa shape index (κ3) is 4.63. The van der Waals surface area contributed by atoms with Gasteiger partial charge in [0.15, 0.2) is 0 Å². The van der Waals surface area contributed by atoms with Crippen molar-refractivity contribution in [2.24, 2.45) is 23.7 Å². The normalized spacial score (nSPS) is 28.8. The fourth-order valence-electron chi connectivity index (χ4n) is 8.15. The Kier molecular flexibility index (Phi) is 6.21. The van der Waals surface area contributed by atoms with E-state index < -0.39 is 0 Å². The Hall–Kier alpha value is -3.15. The van der Waals surface area contributed by atoms with Gasteiger partial charge in [-0.1, -0.05) is 37.8 Å². The van der Waals surface area contributed by atoms with Gasteiger partial charge in [0.1, 0.15) is 5.82 Å². The molecule has 3 N–H and O–H groups in total. The fraction of sp³-hybridized carbons (Fsp3) is 0.531. The van der Waals surface area contributed by atoms with Crippen molar-refractivity contribution >= 4 is 22.8 Å². The van der Waals surface area contributed by atoms with Crippen molar-refractivity contribution in [1.82, 2.24) is 20.6 Å². The molecule has 5 aliphatic rings. The van der Waals surface area contributed by atoms with Gasteiger partial charge in [-0.05, 0) is 98.9 Å². The summed E-state index contributed by atoms with van der Waals surface area (Å²) in [5.74, 6) is 3.89. The molecule has 4 bridgehead atoms. The molecule has 0 saturated heterocycles. The second-order valence-electron chi connectivity index (χ2n) is 12.5. The Morgan fingerprint density at radius 3 is 2.05 bits per heavy atom. The third-order valence-electron chi connectivity index (χ3n) is 9.88. The third-order valence-corrected chi connectivity index (χ3v) is 9.88. The van der Waals surface area contributed by atoms with Gasteiger partial charge in [0, 0.05) is 28.8 Å². The molecule has 2 aromatic carbocycles. The molecule has 38 heavy (non-hydrogen) atoms. The molecule has 5 fully saturated rings. The zero-order valence-electron chi connectivity index (χ0n) is 22.0. The monoisotopic (exact) mass is 510 g/mol. The highest BCUT2D eigenvalue weighted by atomic mass is 16.2. The van der Waals surface area contributed by atoms with Gasteiger partial charge in [-0.15, -0.1) is 0 Å². The summed E-state index contributed by atoms with van der Waals surface area (Å²) in [6.45, 7) is 0. The zero-order valence-corrected chi connectivity index (χ0v) is 22.0. The number of nitrogens with zero attached hydrogens (tertiary/aromatic N) is 1. The molecule has 8 rings (SSSR count). The molecule has 5 aliphatic carbocycles. The van der Waals surface area contributed by atoms with Gasteiger partial charge >= 0.3 is 0 Å². The average Bonchev–Trinajstić information content (AvgIpc) is 3.19. The van der Waals surface area contributed by atoms with Gasteiger partial charge in [0.2, 0.25) is 0 Å². The molecule has 1 heterocycles. The smallest absolute Gasteiger partial charge is 0.251 e. The SMILES string of the molecule is O=C(NC1CCCCCC1)c1ccc(-c2nc3cc(C(=O)NC4C5C[C@H]6C[C@@H](C5)C[C@@H]4C6)ccc3[nH]2)cc1. The van der Waals surface area contributed by atoms with Crippen molar-refractivity contribution in [3.05, 3.63) is 53.6 Å².